The van der Waals surface area contributed by atoms with E-state index in [0.29, 0.717) is 0 Å². The third-order valence-corrected chi connectivity index (χ3v) is 1.46. The van der Waals surface area contributed by atoms with Gasteiger partial charge in [-0.2, -0.15) is 0 Å². The first-order valence-corrected chi connectivity index (χ1v) is 3.49. The molecule has 1 radical (unpaired) electrons. The molecule has 0 saturated heterocycles. The Morgan fingerprint density at radius 1 is 1.55 bits per heavy atom. The van der Waals surface area contributed by atoms with Crippen LogP contribution in [0.5, 0.6) is 5.75 Å². The van der Waals surface area contributed by atoms with Crippen molar-refractivity contribution in [1.29, 1.82) is 0 Å². The van der Waals surface area contributed by atoms with Gasteiger partial charge in [-0.25, -0.2) is 0 Å². The Morgan fingerprint density at radius 3 is 3.00 bits per heavy atom. The predicted molar refractivity (Wildman–Crippen MR) is 45.6 cm³/mol. The van der Waals surface area contributed by atoms with Crippen LogP contribution in [0, 0.1) is 6.08 Å². The molecule has 0 aliphatic heterocycles. The maximum atomic E-state index is 5.05. The van der Waals surface area contributed by atoms with Gasteiger partial charge in [0.15, 0.2) is 0 Å². The molecule has 1 rings (SSSR count). The number of methoxy groups -OCH3 is 1. The highest BCUT2D eigenvalue weighted by atomic mass is 16.5. The fourth-order valence-electron chi connectivity index (χ4n) is 0.927. The number of ether oxygens (including phenoxy) is 1. The number of rotatable bonds is 3. The van der Waals surface area contributed by atoms with Crippen LogP contribution in [0.4, 0.5) is 0 Å². The van der Waals surface area contributed by atoms with Crippen molar-refractivity contribution in [2.24, 2.45) is 0 Å². The van der Waals surface area contributed by atoms with E-state index in [1.165, 1.54) is 5.56 Å². The highest BCUT2D eigenvalue weighted by Gasteiger charge is 1.91. The van der Waals surface area contributed by atoms with E-state index in [1.54, 1.807) is 7.11 Å². The Kier molecular flexibility index (Phi) is 2.73. The number of allylic oxidation sites excluding steroid dienone is 1. The molecule has 0 spiro atoms. The summed E-state index contributed by atoms with van der Waals surface area (Å²) in [6.45, 7) is 3.55. The summed E-state index contributed by atoms with van der Waals surface area (Å²) in [5.74, 6) is 0.887. The molecule has 0 heterocycles. The van der Waals surface area contributed by atoms with Crippen LogP contribution in [0.25, 0.3) is 0 Å². The summed E-state index contributed by atoms with van der Waals surface area (Å²) >= 11 is 0. The normalized spacial score (nSPS) is 9.18. The second-order valence-corrected chi connectivity index (χ2v) is 2.28. The van der Waals surface area contributed by atoms with E-state index in [2.05, 4.69) is 12.7 Å². The summed E-state index contributed by atoms with van der Waals surface area (Å²) in [7, 11) is 1.66. The fourth-order valence-corrected chi connectivity index (χ4v) is 0.927. The third-order valence-electron chi connectivity index (χ3n) is 1.46. The SMILES string of the molecule is C=[C]Cc1cccc(OC)c1. The quantitative estimate of drug-likeness (QED) is 0.637. The molecule has 1 aromatic carbocycles. The van der Waals surface area contributed by atoms with Crippen LogP contribution < -0.4 is 4.74 Å². The zero-order valence-corrected chi connectivity index (χ0v) is 6.63. The average Bonchev–Trinajstić information content (AvgIpc) is 2.06. The van der Waals surface area contributed by atoms with Crippen LogP contribution >= 0.6 is 0 Å². The van der Waals surface area contributed by atoms with Gasteiger partial charge in [0, 0.05) is 0 Å². The van der Waals surface area contributed by atoms with Crippen LogP contribution in [0.1, 0.15) is 5.56 Å². The number of hydrogen-bond donors (Lipinski definition) is 0. The van der Waals surface area contributed by atoms with Gasteiger partial charge in [-0.1, -0.05) is 18.7 Å². The molecule has 57 valence electrons. The Labute approximate surface area is 67.3 Å². The van der Waals surface area contributed by atoms with Gasteiger partial charge in [-0.3, -0.25) is 0 Å². The van der Waals surface area contributed by atoms with Gasteiger partial charge in [0.1, 0.15) is 5.75 Å². The molecule has 0 bridgehead atoms. The van der Waals surface area contributed by atoms with Crippen LogP contribution in [-0.2, 0) is 6.42 Å². The van der Waals surface area contributed by atoms with Crippen LogP contribution in [0.3, 0.4) is 0 Å². The van der Waals surface area contributed by atoms with E-state index >= 15 is 0 Å². The summed E-state index contributed by atoms with van der Waals surface area (Å²) in [5.41, 5.74) is 1.18. The van der Waals surface area contributed by atoms with Gasteiger partial charge in [-0.15, -0.1) is 0 Å². The van der Waals surface area contributed by atoms with Crippen molar-refractivity contribution in [3.8, 4) is 5.75 Å². The van der Waals surface area contributed by atoms with Gasteiger partial charge in [0.25, 0.3) is 0 Å². The lowest BCUT2D eigenvalue weighted by atomic mass is 10.1. The van der Waals surface area contributed by atoms with E-state index in [1.807, 2.05) is 24.3 Å². The second-order valence-electron chi connectivity index (χ2n) is 2.28. The standard InChI is InChI=1S/C10H11O/c1-3-5-9-6-4-7-10(8-9)11-2/h4,6-8H,1,5H2,2H3. The Morgan fingerprint density at radius 2 is 2.36 bits per heavy atom. The van der Waals surface area contributed by atoms with Crippen LogP contribution in [-0.4, -0.2) is 7.11 Å². The maximum absolute atomic E-state index is 5.05. The highest BCUT2D eigenvalue weighted by Crippen LogP contribution is 2.12. The Balaban J connectivity index is 2.82. The maximum Gasteiger partial charge on any atom is 0.119 e. The zero-order valence-electron chi connectivity index (χ0n) is 6.63. The molecule has 0 fully saturated rings. The van der Waals surface area contributed by atoms with Crippen molar-refractivity contribution in [2.45, 2.75) is 6.42 Å². The molecule has 0 saturated carbocycles. The first-order valence-electron chi connectivity index (χ1n) is 3.49. The molecule has 0 unspecified atom stereocenters. The molecule has 0 aliphatic carbocycles. The van der Waals surface area contributed by atoms with Crippen molar-refractivity contribution in [2.75, 3.05) is 7.11 Å². The predicted octanol–water partition coefficient (Wildman–Crippen LogP) is 2.23. The van der Waals surface area contributed by atoms with Crippen molar-refractivity contribution >= 4 is 0 Å². The lowest BCUT2D eigenvalue weighted by Gasteiger charge is -2.00. The lowest BCUT2D eigenvalue weighted by Crippen LogP contribution is -1.85. The minimum atomic E-state index is 0.775. The van der Waals surface area contributed by atoms with Gasteiger partial charge < -0.3 is 4.74 Å². The lowest BCUT2D eigenvalue weighted by molar-refractivity contribution is 0.414. The van der Waals surface area contributed by atoms with Gasteiger partial charge in [0.05, 0.1) is 7.11 Å². The molecule has 0 N–H and O–H groups in total. The Bertz CT molecular complexity index is 240. The number of benzene rings is 1. The van der Waals surface area contributed by atoms with Crippen LogP contribution in [0.2, 0.25) is 0 Å². The topological polar surface area (TPSA) is 9.23 Å². The molecular formula is C10H11O. The molecule has 0 atom stereocenters. The highest BCUT2D eigenvalue weighted by molar-refractivity contribution is 5.28. The minimum Gasteiger partial charge on any atom is -0.497 e. The van der Waals surface area contributed by atoms with Gasteiger partial charge >= 0.3 is 0 Å². The summed E-state index contributed by atoms with van der Waals surface area (Å²) in [5, 5.41) is 0. The van der Waals surface area contributed by atoms with Crippen LogP contribution in [0.15, 0.2) is 30.8 Å². The van der Waals surface area contributed by atoms with E-state index in [-0.39, 0.29) is 0 Å². The molecule has 1 aromatic rings. The van der Waals surface area contributed by atoms with E-state index in [0.717, 1.165) is 12.2 Å². The molecule has 0 aliphatic rings. The summed E-state index contributed by atoms with van der Waals surface area (Å²) in [6, 6.07) is 7.90. The Hall–Kier alpha value is -1.24. The summed E-state index contributed by atoms with van der Waals surface area (Å²) in [6.07, 6.45) is 3.60. The van der Waals surface area contributed by atoms with Crippen molar-refractivity contribution in [3.63, 3.8) is 0 Å². The summed E-state index contributed by atoms with van der Waals surface area (Å²) in [4.78, 5) is 0. The van der Waals surface area contributed by atoms with Crippen molar-refractivity contribution in [3.05, 3.63) is 42.5 Å². The largest absolute Gasteiger partial charge is 0.497 e. The van der Waals surface area contributed by atoms with Crippen molar-refractivity contribution in [1.82, 2.24) is 0 Å². The zero-order chi connectivity index (χ0) is 8.10. The van der Waals surface area contributed by atoms with Crippen molar-refractivity contribution < 1.29 is 4.74 Å². The second kappa shape index (κ2) is 3.81. The summed E-state index contributed by atoms with van der Waals surface area (Å²) < 4.78 is 5.05. The first kappa shape index (κ1) is 7.86. The molecule has 0 aromatic heterocycles. The fraction of sp³-hybridized carbons (Fsp3) is 0.200. The van der Waals surface area contributed by atoms with E-state index < -0.39 is 0 Å². The van der Waals surface area contributed by atoms with Gasteiger partial charge in [-0.05, 0) is 30.2 Å². The van der Waals surface area contributed by atoms with E-state index in [9.17, 15) is 0 Å². The monoisotopic (exact) mass is 147 g/mol. The smallest absolute Gasteiger partial charge is 0.119 e. The first-order chi connectivity index (χ1) is 5.36. The molecular weight excluding hydrogens is 136 g/mol. The third kappa shape index (κ3) is 2.11. The molecule has 1 heteroatoms. The van der Waals surface area contributed by atoms with E-state index in [4.69, 9.17) is 4.74 Å². The molecule has 0 amide bonds. The molecule has 1 nitrogen and oxygen atoms in total. The number of hydrogen-bond acceptors (Lipinski definition) is 1. The van der Waals surface area contributed by atoms with Gasteiger partial charge in [0.2, 0.25) is 0 Å². The molecule has 11 heavy (non-hydrogen) atoms. The minimum absolute atomic E-state index is 0.775. The average molecular weight is 147 g/mol.